The van der Waals surface area contributed by atoms with Crippen molar-refractivity contribution >= 4 is 5.91 Å². The summed E-state index contributed by atoms with van der Waals surface area (Å²) in [6, 6.07) is 6.22. The molecule has 3 unspecified atom stereocenters. The number of rotatable bonds is 5. The summed E-state index contributed by atoms with van der Waals surface area (Å²) in [4.78, 5) is 14.6. The number of nitrogens with one attached hydrogen (secondary N) is 1. The first-order valence-corrected chi connectivity index (χ1v) is 8.84. The summed E-state index contributed by atoms with van der Waals surface area (Å²) in [5, 5.41) is 3.56. The van der Waals surface area contributed by atoms with Gasteiger partial charge in [-0.2, -0.15) is 0 Å². The predicted molar refractivity (Wildman–Crippen MR) is 93.3 cm³/mol. The fourth-order valence-electron chi connectivity index (χ4n) is 4.09. The fraction of sp³-hybridized carbons (Fsp3) is 0.632. The lowest BCUT2D eigenvalue weighted by atomic mass is 9.85. The van der Waals surface area contributed by atoms with Crippen molar-refractivity contribution in [2.24, 2.45) is 5.92 Å². The smallest absolute Gasteiger partial charge is 0.239 e. The monoisotopic (exact) mass is 332 g/mol. The average molecular weight is 332 g/mol. The van der Waals surface area contributed by atoms with Gasteiger partial charge in [-0.15, -0.1) is 0 Å². The lowest BCUT2D eigenvalue weighted by Gasteiger charge is -2.24. The number of hydrogen-bond acceptors (Lipinski definition) is 4. The number of nitrogens with zero attached hydrogens (tertiary/aromatic N) is 1. The van der Waals surface area contributed by atoms with Gasteiger partial charge in [0.15, 0.2) is 0 Å². The van der Waals surface area contributed by atoms with E-state index in [0.29, 0.717) is 18.5 Å². The molecule has 0 bridgehead atoms. The van der Waals surface area contributed by atoms with Gasteiger partial charge in [-0.3, -0.25) is 4.79 Å². The van der Waals surface area contributed by atoms with Crippen molar-refractivity contribution in [1.82, 2.24) is 10.2 Å². The van der Waals surface area contributed by atoms with Crippen LogP contribution in [0.4, 0.5) is 0 Å². The minimum atomic E-state index is -0.0349. The molecule has 2 aliphatic rings. The summed E-state index contributed by atoms with van der Waals surface area (Å²) in [7, 11) is 5.15. The Kier molecular flexibility index (Phi) is 5.29. The maximum Gasteiger partial charge on any atom is 0.239 e. The van der Waals surface area contributed by atoms with Crippen molar-refractivity contribution in [3.8, 4) is 11.5 Å². The Labute approximate surface area is 144 Å². The molecule has 1 N–H and O–H groups in total. The van der Waals surface area contributed by atoms with E-state index in [2.05, 4.69) is 5.32 Å². The molecule has 5 heteroatoms. The molecule has 132 valence electrons. The molecule has 1 aromatic carbocycles. The second-order valence-corrected chi connectivity index (χ2v) is 6.98. The molecule has 0 aromatic heterocycles. The van der Waals surface area contributed by atoms with E-state index < -0.39 is 0 Å². The highest BCUT2D eigenvalue weighted by Crippen LogP contribution is 2.34. The molecule has 1 aliphatic heterocycles. The van der Waals surface area contributed by atoms with E-state index >= 15 is 0 Å². The van der Waals surface area contributed by atoms with Gasteiger partial charge in [0, 0.05) is 31.3 Å². The molecule has 5 nitrogen and oxygen atoms in total. The van der Waals surface area contributed by atoms with E-state index in [0.717, 1.165) is 23.5 Å². The molecule has 24 heavy (non-hydrogen) atoms. The Bertz CT molecular complexity index is 576. The van der Waals surface area contributed by atoms with E-state index in [1.165, 1.54) is 25.7 Å². The van der Waals surface area contributed by atoms with Gasteiger partial charge in [-0.25, -0.2) is 0 Å². The second kappa shape index (κ2) is 7.43. The van der Waals surface area contributed by atoms with Gasteiger partial charge in [-0.1, -0.05) is 12.8 Å². The number of carbonyl (C=O) groups excluding carboxylic acids is 1. The average Bonchev–Trinajstić information content (AvgIpc) is 3.05. The van der Waals surface area contributed by atoms with Gasteiger partial charge in [0.25, 0.3) is 0 Å². The van der Waals surface area contributed by atoms with E-state index in [4.69, 9.17) is 9.47 Å². The van der Waals surface area contributed by atoms with Gasteiger partial charge in [0.05, 0.1) is 20.3 Å². The number of amides is 1. The minimum Gasteiger partial charge on any atom is -0.497 e. The van der Waals surface area contributed by atoms with Crippen LogP contribution in [0.1, 0.15) is 37.7 Å². The molecule has 1 amide bonds. The number of ether oxygens (including phenoxy) is 2. The van der Waals surface area contributed by atoms with Gasteiger partial charge < -0.3 is 19.7 Å². The van der Waals surface area contributed by atoms with E-state index in [1.54, 1.807) is 19.1 Å². The first kappa shape index (κ1) is 17.1. The summed E-state index contributed by atoms with van der Waals surface area (Å²) in [6.45, 7) is 0.541. The topological polar surface area (TPSA) is 50.8 Å². The van der Waals surface area contributed by atoms with E-state index in [9.17, 15) is 4.79 Å². The minimum absolute atomic E-state index is 0.0349. The predicted octanol–water partition coefficient (Wildman–Crippen LogP) is 2.58. The largest absolute Gasteiger partial charge is 0.497 e. The van der Waals surface area contributed by atoms with Crippen LogP contribution in [0.15, 0.2) is 18.2 Å². The lowest BCUT2D eigenvalue weighted by molar-refractivity contribution is -0.132. The van der Waals surface area contributed by atoms with Crippen LogP contribution in [0.5, 0.6) is 11.5 Å². The summed E-state index contributed by atoms with van der Waals surface area (Å²) in [6.07, 6.45) is 6.05. The van der Waals surface area contributed by atoms with Gasteiger partial charge in [0.2, 0.25) is 5.91 Å². The zero-order chi connectivity index (χ0) is 17.1. The van der Waals surface area contributed by atoms with Crippen molar-refractivity contribution in [3.05, 3.63) is 23.8 Å². The lowest BCUT2D eigenvalue weighted by Crippen LogP contribution is -2.43. The Morgan fingerprint density at radius 3 is 2.75 bits per heavy atom. The molecule has 3 atom stereocenters. The number of carbonyl (C=O) groups is 1. The van der Waals surface area contributed by atoms with Crippen molar-refractivity contribution in [3.63, 3.8) is 0 Å². The molecule has 1 heterocycles. The van der Waals surface area contributed by atoms with Crippen LogP contribution in [-0.2, 0) is 11.3 Å². The molecule has 1 saturated heterocycles. The fourth-order valence-corrected chi connectivity index (χ4v) is 4.09. The first-order valence-electron chi connectivity index (χ1n) is 8.84. The Morgan fingerprint density at radius 1 is 1.25 bits per heavy atom. The van der Waals surface area contributed by atoms with Crippen LogP contribution >= 0.6 is 0 Å². The van der Waals surface area contributed by atoms with Crippen LogP contribution in [0.25, 0.3) is 0 Å². The molecule has 1 aliphatic carbocycles. The zero-order valence-electron chi connectivity index (χ0n) is 14.9. The van der Waals surface area contributed by atoms with Crippen LogP contribution in [0.2, 0.25) is 0 Å². The second-order valence-electron chi connectivity index (χ2n) is 6.98. The van der Waals surface area contributed by atoms with Crippen LogP contribution < -0.4 is 14.8 Å². The first-order chi connectivity index (χ1) is 11.6. The van der Waals surface area contributed by atoms with Crippen molar-refractivity contribution in [2.75, 3.05) is 21.3 Å². The highest BCUT2D eigenvalue weighted by molar-refractivity contribution is 5.82. The van der Waals surface area contributed by atoms with Crippen LogP contribution in [0.3, 0.4) is 0 Å². The number of benzene rings is 1. The Balaban J connectivity index is 1.64. The summed E-state index contributed by atoms with van der Waals surface area (Å²) in [5.41, 5.74) is 0.990. The quantitative estimate of drug-likeness (QED) is 0.900. The molecule has 3 rings (SSSR count). The third-order valence-corrected chi connectivity index (χ3v) is 5.44. The number of fused-ring (bicyclic) bond motifs is 1. The number of likely N-dealkylation sites (N-methyl/N-ethyl adjacent to an activating group) is 1. The van der Waals surface area contributed by atoms with Gasteiger partial charge >= 0.3 is 0 Å². The van der Waals surface area contributed by atoms with Crippen LogP contribution in [-0.4, -0.2) is 44.2 Å². The Morgan fingerprint density at radius 2 is 2.04 bits per heavy atom. The standard InChI is InChI=1S/C19H28N2O3/c1-21(12-14-8-9-15(23-2)11-18(14)24-3)19(22)17-10-13-6-4-5-7-16(13)20-17/h8-9,11,13,16-17,20H,4-7,10,12H2,1-3H3. The Hall–Kier alpha value is -1.75. The van der Waals surface area contributed by atoms with Gasteiger partial charge in [-0.05, 0) is 37.3 Å². The van der Waals surface area contributed by atoms with Crippen molar-refractivity contribution < 1.29 is 14.3 Å². The maximum absolute atomic E-state index is 12.8. The summed E-state index contributed by atoms with van der Waals surface area (Å²) >= 11 is 0. The normalized spacial score (nSPS) is 25.9. The van der Waals surface area contributed by atoms with Crippen molar-refractivity contribution in [1.29, 1.82) is 0 Å². The molecule has 0 radical (unpaired) electrons. The number of hydrogen-bond donors (Lipinski definition) is 1. The molecule has 1 saturated carbocycles. The van der Waals surface area contributed by atoms with E-state index in [-0.39, 0.29) is 11.9 Å². The molecule has 0 spiro atoms. The van der Waals surface area contributed by atoms with Gasteiger partial charge in [0.1, 0.15) is 11.5 Å². The maximum atomic E-state index is 12.8. The van der Waals surface area contributed by atoms with E-state index in [1.807, 2.05) is 25.2 Å². The highest BCUT2D eigenvalue weighted by atomic mass is 16.5. The summed E-state index contributed by atoms with van der Waals surface area (Å²) < 4.78 is 10.7. The molecule has 1 aromatic rings. The van der Waals surface area contributed by atoms with Crippen molar-refractivity contribution in [2.45, 2.75) is 50.7 Å². The summed E-state index contributed by atoms with van der Waals surface area (Å²) in [5.74, 6) is 2.37. The number of methoxy groups -OCH3 is 2. The SMILES string of the molecule is COc1ccc(CN(C)C(=O)C2CC3CCCCC3N2)c(OC)c1. The molecular formula is C19H28N2O3. The highest BCUT2D eigenvalue weighted by Gasteiger charge is 2.39. The zero-order valence-corrected chi connectivity index (χ0v) is 14.9. The molecular weight excluding hydrogens is 304 g/mol. The third-order valence-electron chi connectivity index (χ3n) is 5.44. The third kappa shape index (κ3) is 3.51. The molecule has 2 fully saturated rings. The van der Waals surface area contributed by atoms with Crippen LogP contribution in [0, 0.1) is 5.92 Å².